The molecule has 0 rings (SSSR count). The van der Waals surface area contributed by atoms with Gasteiger partial charge >= 0.3 is 0 Å². The van der Waals surface area contributed by atoms with Crippen LogP contribution >= 0.6 is 0 Å². The summed E-state index contributed by atoms with van der Waals surface area (Å²) in [6.07, 6.45) is 0. The van der Waals surface area contributed by atoms with Crippen molar-refractivity contribution in [1.82, 2.24) is 10.6 Å². The highest BCUT2D eigenvalue weighted by Crippen LogP contribution is 1.97. The van der Waals surface area contributed by atoms with Crippen LogP contribution in [0.4, 0.5) is 0 Å². The average molecular weight is 240 g/mol. The van der Waals surface area contributed by atoms with Crippen molar-refractivity contribution in [2.45, 2.75) is 26.8 Å². The fourth-order valence-corrected chi connectivity index (χ4v) is 0.963. The van der Waals surface area contributed by atoms with Gasteiger partial charge in [0.15, 0.2) is 0 Å². The summed E-state index contributed by atoms with van der Waals surface area (Å²) in [5.74, 6) is -0.885. The number of carbonyl (C=O) groups excluding carboxylic acids is 2. The molecule has 0 aliphatic rings. The number of amides is 2. The Morgan fingerprint density at radius 3 is 2.35 bits per heavy atom. The lowest BCUT2D eigenvalue weighted by atomic mass is 10.1. The van der Waals surface area contributed by atoms with Gasteiger partial charge in [0.05, 0.1) is 24.6 Å². The number of nitrogens with one attached hydrogen (secondary N) is 2. The van der Waals surface area contributed by atoms with Crippen LogP contribution in [0.2, 0.25) is 0 Å². The molecular formula is C11H20N4O2. The van der Waals surface area contributed by atoms with Gasteiger partial charge in [-0.05, 0) is 12.8 Å². The van der Waals surface area contributed by atoms with E-state index < -0.39 is 6.04 Å². The molecule has 17 heavy (non-hydrogen) atoms. The summed E-state index contributed by atoms with van der Waals surface area (Å²) in [5.41, 5.74) is 5.60. The first-order valence-electron chi connectivity index (χ1n) is 5.58. The van der Waals surface area contributed by atoms with Crippen molar-refractivity contribution in [3.05, 3.63) is 0 Å². The monoisotopic (exact) mass is 240 g/mol. The minimum Gasteiger partial charge on any atom is -0.353 e. The van der Waals surface area contributed by atoms with Crippen LogP contribution < -0.4 is 16.4 Å². The van der Waals surface area contributed by atoms with Gasteiger partial charge in [0.2, 0.25) is 11.8 Å². The smallest absolute Gasteiger partial charge is 0.239 e. The van der Waals surface area contributed by atoms with E-state index in [4.69, 9.17) is 11.0 Å². The van der Waals surface area contributed by atoms with Gasteiger partial charge in [-0.1, -0.05) is 13.8 Å². The molecule has 0 aromatic heterocycles. The molecule has 1 unspecified atom stereocenters. The Morgan fingerprint density at radius 2 is 1.88 bits per heavy atom. The van der Waals surface area contributed by atoms with E-state index in [2.05, 4.69) is 10.6 Å². The zero-order valence-corrected chi connectivity index (χ0v) is 10.5. The summed E-state index contributed by atoms with van der Waals surface area (Å²) in [7, 11) is 0. The highest BCUT2D eigenvalue weighted by atomic mass is 16.2. The van der Waals surface area contributed by atoms with Gasteiger partial charge in [-0.3, -0.25) is 9.59 Å². The zero-order chi connectivity index (χ0) is 13.4. The first-order valence-corrected chi connectivity index (χ1v) is 5.58. The minimum absolute atomic E-state index is 0.0247. The minimum atomic E-state index is -0.610. The van der Waals surface area contributed by atoms with E-state index in [-0.39, 0.29) is 36.7 Å². The van der Waals surface area contributed by atoms with Gasteiger partial charge in [-0.15, -0.1) is 0 Å². The summed E-state index contributed by atoms with van der Waals surface area (Å²) in [6.45, 7) is 5.53. The van der Waals surface area contributed by atoms with Crippen LogP contribution in [-0.4, -0.2) is 30.9 Å². The van der Waals surface area contributed by atoms with Crippen molar-refractivity contribution in [2.24, 2.45) is 17.6 Å². The van der Waals surface area contributed by atoms with Gasteiger partial charge in [0, 0.05) is 6.54 Å². The van der Waals surface area contributed by atoms with Crippen molar-refractivity contribution < 1.29 is 9.59 Å². The molecule has 0 aromatic rings. The predicted molar refractivity (Wildman–Crippen MR) is 63.6 cm³/mol. The normalized spacial score (nSPS) is 13.6. The first kappa shape index (κ1) is 15.4. The van der Waals surface area contributed by atoms with Crippen molar-refractivity contribution in [3.8, 4) is 6.07 Å². The standard InChI is InChI=1S/C11H20N4O2/c1-7(2)10(13)11(17)15-6-9(16)14-5-8(3)4-12/h7-8,10H,5-6,13H2,1-3H3,(H,14,16)(H,15,17)/t8?,10-/m0/s1. The van der Waals surface area contributed by atoms with Gasteiger partial charge < -0.3 is 16.4 Å². The third-order valence-electron chi connectivity index (χ3n) is 2.27. The molecule has 2 atom stereocenters. The van der Waals surface area contributed by atoms with Crippen molar-refractivity contribution in [1.29, 1.82) is 5.26 Å². The summed E-state index contributed by atoms with van der Waals surface area (Å²) in [6, 6.07) is 1.39. The Bertz CT molecular complexity index is 309. The van der Waals surface area contributed by atoms with Crippen LogP contribution in [0, 0.1) is 23.2 Å². The molecular weight excluding hydrogens is 220 g/mol. The number of carbonyl (C=O) groups is 2. The van der Waals surface area contributed by atoms with Crippen LogP contribution in [0.3, 0.4) is 0 Å². The van der Waals surface area contributed by atoms with E-state index >= 15 is 0 Å². The van der Waals surface area contributed by atoms with Gasteiger partial charge in [-0.25, -0.2) is 0 Å². The second-order valence-electron chi connectivity index (χ2n) is 4.32. The molecule has 0 saturated carbocycles. The largest absolute Gasteiger partial charge is 0.353 e. The van der Waals surface area contributed by atoms with Gasteiger partial charge in [-0.2, -0.15) is 5.26 Å². The predicted octanol–water partition coefficient (Wildman–Crippen LogP) is -0.638. The lowest BCUT2D eigenvalue weighted by Gasteiger charge is -2.15. The summed E-state index contributed by atoms with van der Waals surface area (Å²) >= 11 is 0. The summed E-state index contributed by atoms with van der Waals surface area (Å²) in [5, 5.41) is 13.5. The lowest BCUT2D eigenvalue weighted by Crippen LogP contribution is -2.47. The highest BCUT2D eigenvalue weighted by molar-refractivity contribution is 5.87. The van der Waals surface area contributed by atoms with E-state index in [0.717, 1.165) is 0 Å². The first-order chi connectivity index (χ1) is 7.88. The topological polar surface area (TPSA) is 108 Å². The number of hydrogen-bond acceptors (Lipinski definition) is 4. The molecule has 0 bridgehead atoms. The quantitative estimate of drug-likeness (QED) is 0.574. The van der Waals surface area contributed by atoms with Crippen molar-refractivity contribution in [2.75, 3.05) is 13.1 Å². The molecule has 6 heteroatoms. The Kier molecular flexibility index (Phi) is 6.91. The molecule has 0 radical (unpaired) electrons. The van der Waals surface area contributed by atoms with Crippen molar-refractivity contribution in [3.63, 3.8) is 0 Å². The van der Waals surface area contributed by atoms with Crippen LogP contribution in [-0.2, 0) is 9.59 Å². The summed E-state index contributed by atoms with van der Waals surface area (Å²) < 4.78 is 0. The van der Waals surface area contributed by atoms with Crippen LogP contribution in [0.15, 0.2) is 0 Å². The molecule has 6 nitrogen and oxygen atoms in total. The van der Waals surface area contributed by atoms with E-state index in [9.17, 15) is 9.59 Å². The fraction of sp³-hybridized carbons (Fsp3) is 0.727. The second kappa shape index (κ2) is 7.63. The number of hydrogen-bond donors (Lipinski definition) is 3. The third-order valence-corrected chi connectivity index (χ3v) is 2.27. The van der Waals surface area contributed by atoms with E-state index in [1.54, 1.807) is 6.92 Å². The van der Waals surface area contributed by atoms with E-state index in [1.165, 1.54) is 0 Å². The lowest BCUT2D eigenvalue weighted by molar-refractivity contribution is -0.127. The molecule has 2 amide bonds. The molecule has 0 aliphatic carbocycles. The molecule has 0 aliphatic heterocycles. The molecule has 0 aromatic carbocycles. The Labute approximate surface area is 102 Å². The van der Waals surface area contributed by atoms with Gasteiger partial charge in [0.25, 0.3) is 0 Å². The number of nitrogens with two attached hydrogens (primary N) is 1. The maximum Gasteiger partial charge on any atom is 0.239 e. The number of rotatable bonds is 6. The maximum absolute atomic E-state index is 11.4. The average Bonchev–Trinajstić information content (AvgIpc) is 2.31. The number of nitriles is 1. The molecule has 0 heterocycles. The van der Waals surface area contributed by atoms with E-state index in [0.29, 0.717) is 0 Å². The Morgan fingerprint density at radius 1 is 1.29 bits per heavy atom. The van der Waals surface area contributed by atoms with E-state index in [1.807, 2.05) is 19.9 Å². The van der Waals surface area contributed by atoms with Crippen LogP contribution in [0.1, 0.15) is 20.8 Å². The summed E-state index contributed by atoms with van der Waals surface area (Å²) in [4.78, 5) is 22.7. The molecule has 96 valence electrons. The molecule has 0 fully saturated rings. The Hall–Kier alpha value is -1.61. The number of nitrogens with zero attached hydrogens (tertiary/aromatic N) is 1. The zero-order valence-electron chi connectivity index (χ0n) is 10.5. The van der Waals surface area contributed by atoms with Crippen LogP contribution in [0.5, 0.6) is 0 Å². The Balaban J connectivity index is 3.85. The third kappa shape index (κ3) is 6.53. The van der Waals surface area contributed by atoms with Crippen LogP contribution in [0.25, 0.3) is 0 Å². The second-order valence-corrected chi connectivity index (χ2v) is 4.32. The fourth-order valence-electron chi connectivity index (χ4n) is 0.963. The molecule has 0 spiro atoms. The highest BCUT2D eigenvalue weighted by Gasteiger charge is 2.17. The molecule has 0 saturated heterocycles. The van der Waals surface area contributed by atoms with Crippen molar-refractivity contribution >= 4 is 11.8 Å². The van der Waals surface area contributed by atoms with Gasteiger partial charge in [0.1, 0.15) is 0 Å². The maximum atomic E-state index is 11.4. The SMILES string of the molecule is CC(C#N)CNC(=O)CNC(=O)[C@@H](N)C(C)C. The molecule has 4 N–H and O–H groups in total.